The molecule has 0 amide bonds. The van der Waals surface area contributed by atoms with Gasteiger partial charge in [-0.3, -0.25) is 0 Å². The van der Waals surface area contributed by atoms with Gasteiger partial charge in [-0.05, 0) is 43.0 Å². The summed E-state index contributed by atoms with van der Waals surface area (Å²) in [4.78, 5) is 0. The fourth-order valence-electron chi connectivity index (χ4n) is 2.01. The molecule has 0 bridgehead atoms. The minimum atomic E-state index is 0.556. The van der Waals surface area contributed by atoms with E-state index in [0.29, 0.717) is 12.5 Å². The Kier molecular flexibility index (Phi) is 5.43. The van der Waals surface area contributed by atoms with E-state index in [4.69, 9.17) is 4.74 Å². The molecule has 0 spiro atoms. The van der Waals surface area contributed by atoms with Crippen LogP contribution in [-0.4, -0.2) is 22.6 Å². The maximum atomic E-state index is 5.79. The van der Waals surface area contributed by atoms with Gasteiger partial charge in [-0.2, -0.15) is 0 Å². The molecule has 0 aliphatic heterocycles. The summed E-state index contributed by atoms with van der Waals surface area (Å²) in [6.45, 7) is 9.22. The molecular formula is C15H20N2OS2. The normalized spacial score (nSPS) is 11.1. The smallest absolute Gasteiger partial charge is 0.174 e. The van der Waals surface area contributed by atoms with Crippen LogP contribution in [0.2, 0.25) is 0 Å². The summed E-state index contributed by atoms with van der Waals surface area (Å²) in [6.07, 6.45) is 0. The maximum absolute atomic E-state index is 5.79. The van der Waals surface area contributed by atoms with Gasteiger partial charge in [-0.25, -0.2) is 0 Å². The molecule has 0 saturated heterocycles. The highest BCUT2D eigenvalue weighted by Crippen LogP contribution is 2.24. The molecule has 1 aromatic carbocycles. The molecule has 0 radical (unpaired) electrons. The molecule has 0 aliphatic carbocycles. The van der Waals surface area contributed by atoms with Gasteiger partial charge in [0, 0.05) is 5.75 Å². The molecule has 0 saturated carbocycles. The van der Waals surface area contributed by atoms with Gasteiger partial charge in [0.1, 0.15) is 10.8 Å². The van der Waals surface area contributed by atoms with Gasteiger partial charge in [0.05, 0.1) is 6.61 Å². The predicted molar refractivity (Wildman–Crippen MR) is 86.1 cm³/mol. The molecule has 5 heteroatoms. The molecule has 0 unspecified atom stereocenters. The number of ether oxygens (including phenoxy) is 1. The second-order valence-electron chi connectivity index (χ2n) is 4.96. The van der Waals surface area contributed by atoms with Crippen molar-refractivity contribution in [2.75, 3.05) is 12.4 Å². The highest BCUT2D eigenvalue weighted by molar-refractivity contribution is 8.01. The summed E-state index contributed by atoms with van der Waals surface area (Å²) >= 11 is 3.32. The summed E-state index contributed by atoms with van der Waals surface area (Å²) in [5.74, 6) is 2.39. The van der Waals surface area contributed by atoms with Gasteiger partial charge in [-0.15, -0.1) is 10.2 Å². The Labute approximate surface area is 128 Å². The third kappa shape index (κ3) is 4.21. The third-order valence-electron chi connectivity index (χ3n) is 2.95. The minimum absolute atomic E-state index is 0.556. The van der Waals surface area contributed by atoms with E-state index in [-0.39, 0.29) is 0 Å². The Balaban J connectivity index is 1.81. The molecule has 3 nitrogen and oxygen atoms in total. The van der Waals surface area contributed by atoms with Crippen molar-refractivity contribution in [3.05, 3.63) is 34.3 Å². The van der Waals surface area contributed by atoms with Crippen LogP contribution in [0.5, 0.6) is 5.75 Å². The number of hydrogen-bond acceptors (Lipinski definition) is 5. The molecule has 20 heavy (non-hydrogen) atoms. The first-order chi connectivity index (χ1) is 9.56. The summed E-state index contributed by atoms with van der Waals surface area (Å²) in [6, 6.07) is 6.34. The fourth-order valence-corrected chi connectivity index (χ4v) is 3.71. The Bertz CT molecular complexity index is 567. The van der Waals surface area contributed by atoms with Crippen LogP contribution < -0.4 is 4.74 Å². The van der Waals surface area contributed by atoms with Crippen molar-refractivity contribution in [2.24, 2.45) is 0 Å². The predicted octanol–water partition coefficient (Wildman–Crippen LogP) is 4.45. The summed E-state index contributed by atoms with van der Waals surface area (Å²) in [5, 5.41) is 9.09. The zero-order chi connectivity index (χ0) is 14.5. The van der Waals surface area contributed by atoms with E-state index in [2.05, 4.69) is 49.2 Å². The number of aryl methyl sites for hydroxylation is 2. The quantitative estimate of drug-likeness (QED) is 0.583. The van der Waals surface area contributed by atoms with Gasteiger partial charge >= 0.3 is 0 Å². The number of nitrogens with zero attached hydrogens (tertiary/aromatic N) is 2. The second kappa shape index (κ2) is 7.09. The van der Waals surface area contributed by atoms with E-state index in [1.165, 1.54) is 11.1 Å². The van der Waals surface area contributed by atoms with Gasteiger partial charge in [0.2, 0.25) is 0 Å². The van der Waals surface area contributed by atoms with Crippen molar-refractivity contribution in [2.45, 2.75) is 38.0 Å². The minimum Gasteiger partial charge on any atom is -0.493 e. The fraction of sp³-hybridized carbons (Fsp3) is 0.467. The van der Waals surface area contributed by atoms with Crippen LogP contribution in [0.15, 0.2) is 22.5 Å². The Morgan fingerprint density at radius 2 is 2.05 bits per heavy atom. The van der Waals surface area contributed by atoms with Crippen molar-refractivity contribution >= 4 is 23.1 Å². The molecule has 2 aromatic rings. The van der Waals surface area contributed by atoms with Crippen molar-refractivity contribution in [1.29, 1.82) is 0 Å². The highest BCUT2D eigenvalue weighted by Gasteiger charge is 2.05. The average Bonchev–Trinajstić information content (AvgIpc) is 2.80. The van der Waals surface area contributed by atoms with Crippen LogP contribution in [0.3, 0.4) is 0 Å². The lowest BCUT2D eigenvalue weighted by Gasteiger charge is -2.12. The zero-order valence-electron chi connectivity index (χ0n) is 12.3. The van der Waals surface area contributed by atoms with Crippen molar-refractivity contribution in [3.63, 3.8) is 0 Å². The lowest BCUT2D eigenvalue weighted by molar-refractivity contribution is 0.343. The van der Waals surface area contributed by atoms with E-state index in [9.17, 15) is 0 Å². The Morgan fingerprint density at radius 1 is 1.25 bits per heavy atom. The standard InChI is InChI=1S/C15H20N2OS2/c1-10(2)14-6-5-13(9-11(14)3)18-7-8-19-15-17-16-12(4)20-15/h5-6,9-10H,7-8H2,1-4H3. The molecule has 1 aromatic heterocycles. The zero-order valence-corrected chi connectivity index (χ0v) is 14.0. The number of thioether (sulfide) groups is 1. The van der Waals surface area contributed by atoms with E-state index < -0.39 is 0 Å². The third-order valence-corrected chi connectivity index (χ3v) is 4.88. The lowest BCUT2D eigenvalue weighted by Crippen LogP contribution is -2.01. The Morgan fingerprint density at radius 3 is 2.65 bits per heavy atom. The van der Waals surface area contributed by atoms with Gasteiger partial charge in [0.15, 0.2) is 4.34 Å². The SMILES string of the molecule is Cc1nnc(SCCOc2ccc(C(C)C)c(C)c2)s1. The van der Waals surface area contributed by atoms with Crippen molar-refractivity contribution in [1.82, 2.24) is 10.2 Å². The maximum Gasteiger partial charge on any atom is 0.174 e. The largest absolute Gasteiger partial charge is 0.493 e. The van der Waals surface area contributed by atoms with E-state index in [1.54, 1.807) is 23.1 Å². The molecule has 0 fully saturated rings. The molecule has 0 N–H and O–H groups in total. The number of hydrogen-bond donors (Lipinski definition) is 0. The first kappa shape index (κ1) is 15.3. The summed E-state index contributed by atoms with van der Waals surface area (Å²) in [7, 11) is 0. The molecule has 108 valence electrons. The summed E-state index contributed by atoms with van der Waals surface area (Å²) < 4.78 is 6.80. The van der Waals surface area contributed by atoms with E-state index in [1.807, 2.05) is 6.92 Å². The molecule has 0 aliphatic rings. The number of aromatic nitrogens is 2. The molecule has 0 atom stereocenters. The van der Waals surface area contributed by atoms with E-state index >= 15 is 0 Å². The van der Waals surface area contributed by atoms with Crippen molar-refractivity contribution in [3.8, 4) is 5.75 Å². The monoisotopic (exact) mass is 308 g/mol. The highest BCUT2D eigenvalue weighted by atomic mass is 32.2. The van der Waals surface area contributed by atoms with Crippen molar-refractivity contribution < 1.29 is 4.74 Å². The topological polar surface area (TPSA) is 35.0 Å². The first-order valence-corrected chi connectivity index (χ1v) is 8.52. The lowest BCUT2D eigenvalue weighted by atomic mass is 9.98. The van der Waals surface area contributed by atoms with Crippen LogP contribution in [0.4, 0.5) is 0 Å². The van der Waals surface area contributed by atoms with Crippen LogP contribution in [0, 0.1) is 13.8 Å². The molecular weight excluding hydrogens is 288 g/mol. The first-order valence-electron chi connectivity index (χ1n) is 6.72. The average molecular weight is 308 g/mol. The summed E-state index contributed by atoms with van der Waals surface area (Å²) in [5.41, 5.74) is 2.68. The molecule has 1 heterocycles. The van der Waals surface area contributed by atoms with Gasteiger partial charge < -0.3 is 4.74 Å². The van der Waals surface area contributed by atoms with Crippen LogP contribution in [0.25, 0.3) is 0 Å². The van der Waals surface area contributed by atoms with Crippen LogP contribution in [0.1, 0.15) is 35.9 Å². The molecule has 2 rings (SSSR count). The number of rotatable bonds is 6. The Hall–Kier alpha value is -1.07. The van der Waals surface area contributed by atoms with Gasteiger partial charge in [-0.1, -0.05) is 43.0 Å². The second-order valence-corrected chi connectivity index (χ2v) is 7.48. The van der Waals surface area contributed by atoms with Gasteiger partial charge in [0.25, 0.3) is 0 Å². The number of benzene rings is 1. The van der Waals surface area contributed by atoms with Crippen LogP contribution in [-0.2, 0) is 0 Å². The van der Waals surface area contributed by atoms with Crippen LogP contribution >= 0.6 is 23.1 Å². The van der Waals surface area contributed by atoms with E-state index in [0.717, 1.165) is 20.8 Å².